The van der Waals surface area contributed by atoms with E-state index >= 15 is 0 Å². The Balaban J connectivity index is 1.92. The Morgan fingerprint density at radius 3 is 2.38 bits per heavy atom. The predicted octanol–water partition coefficient (Wildman–Crippen LogP) is 3.90. The second kappa shape index (κ2) is 6.57. The molecule has 2 rings (SSSR count). The zero-order chi connectivity index (χ0) is 15.4. The van der Waals surface area contributed by atoms with Crippen LogP contribution in [0.4, 0.5) is 5.69 Å². The monoisotopic (exact) mass is 285 g/mol. The van der Waals surface area contributed by atoms with Gasteiger partial charge < -0.3 is 5.32 Å². The minimum Gasteiger partial charge on any atom is -0.326 e. The summed E-state index contributed by atoms with van der Waals surface area (Å²) in [7, 11) is 0. The summed E-state index contributed by atoms with van der Waals surface area (Å²) >= 11 is 0. The molecule has 1 aromatic heterocycles. The van der Waals surface area contributed by atoms with E-state index in [0.717, 1.165) is 11.4 Å². The third-order valence-corrected chi connectivity index (χ3v) is 3.54. The van der Waals surface area contributed by atoms with Crippen LogP contribution in [-0.4, -0.2) is 15.7 Å². The molecule has 1 heterocycles. The first-order valence-electron chi connectivity index (χ1n) is 7.37. The van der Waals surface area contributed by atoms with Gasteiger partial charge in [0.2, 0.25) is 5.91 Å². The molecule has 0 aliphatic heterocycles. The predicted molar refractivity (Wildman–Crippen MR) is 85.5 cm³/mol. The normalized spacial score (nSPS) is 12.4. The maximum atomic E-state index is 12.1. The Bertz CT molecular complexity index is 599. The fourth-order valence-electron chi connectivity index (χ4n) is 2.20. The summed E-state index contributed by atoms with van der Waals surface area (Å²) in [5.41, 5.74) is 3.08. The molecule has 4 nitrogen and oxygen atoms in total. The van der Waals surface area contributed by atoms with E-state index in [2.05, 4.69) is 36.4 Å². The van der Waals surface area contributed by atoms with Crippen LogP contribution < -0.4 is 5.32 Å². The van der Waals surface area contributed by atoms with E-state index < -0.39 is 0 Å². The molecule has 0 fully saturated rings. The zero-order valence-electron chi connectivity index (χ0n) is 13.1. The van der Waals surface area contributed by atoms with Crippen LogP contribution in [0.25, 0.3) is 0 Å². The van der Waals surface area contributed by atoms with Gasteiger partial charge in [0.1, 0.15) is 0 Å². The van der Waals surface area contributed by atoms with Crippen LogP contribution >= 0.6 is 0 Å². The van der Waals surface area contributed by atoms with E-state index in [-0.39, 0.29) is 11.9 Å². The summed E-state index contributed by atoms with van der Waals surface area (Å²) in [6.07, 6.45) is 2.32. The van der Waals surface area contributed by atoms with Gasteiger partial charge in [-0.3, -0.25) is 9.48 Å². The van der Waals surface area contributed by atoms with E-state index in [1.165, 1.54) is 5.56 Å². The third-order valence-electron chi connectivity index (χ3n) is 3.54. The van der Waals surface area contributed by atoms with Crippen molar-refractivity contribution in [3.8, 4) is 0 Å². The fourth-order valence-corrected chi connectivity index (χ4v) is 2.20. The number of carbonyl (C=O) groups is 1. The van der Waals surface area contributed by atoms with Gasteiger partial charge in [0.05, 0.1) is 11.7 Å². The van der Waals surface area contributed by atoms with E-state index in [1.54, 1.807) is 0 Å². The topological polar surface area (TPSA) is 46.9 Å². The Morgan fingerprint density at radius 2 is 1.86 bits per heavy atom. The molecule has 112 valence electrons. The lowest BCUT2D eigenvalue weighted by Crippen LogP contribution is -2.18. The number of carbonyl (C=O) groups excluding carboxylic acids is 1. The van der Waals surface area contributed by atoms with Gasteiger partial charge in [0, 0.05) is 18.3 Å². The maximum Gasteiger partial charge on any atom is 0.226 e. The van der Waals surface area contributed by atoms with Crippen LogP contribution in [0.5, 0.6) is 0 Å². The number of anilines is 1. The lowest BCUT2D eigenvalue weighted by atomic mass is 10.0. The highest BCUT2D eigenvalue weighted by Gasteiger charge is 2.12. The number of hydrogen-bond acceptors (Lipinski definition) is 2. The minimum absolute atomic E-state index is 0.00736. The van der Waals surface area contributed by atoms with Crippen LogP contribution in [0.1, 0.15) is 50.4 Å². The number of nitrogens with one attached hydrogen (secondary N) is 1. The molecule has 0 aliphatic carbocycles. The Kier molecular flexibility index (Phi) is 4.78. The first-order chi connectivity index (χ1) is 9.95. The average molecular weight is 285 g/mol. The summed E-state index contributed by atoms with van der Waals surface area (Å²) in [5.74, 6) is 0.505. The lowest BCUT2D eigenvalue weighted by molar-refractivity contribution is -0.116. The van der Waals surface area contributed by atoms with Gasteiger partial charge in [0.25, 0.3) is 0 Å². The van der Waals surface area contributed by atoms with E-state index in [9.17, 15) is 4.79 Å². The molecule has 0 unspecified atom stereocenters. The first kappa shape index (κ1) is 15.3. The van der Waals surface area contributed by atoms with Gasteiger partial charge in [-0.05, 0) is 43.5 Å². The number of aryl methyl sites for hydroxylation is 1. The number of amides is 1. The number of nitrogens with zero attached hydrogens (tertiary/aromatic N) is 2. The van der Waals surface area contributed by atoms with Crippen molar-refractivity contribution in [2.24, 2.45) is 0 Å². The van der Waals surface area contributed by atoms with Crippen LogP contribution in [0.2, 0.25) is 0 Å². The highest BCUT2D eigenvalue weighted by molar-refractivity contribution is 5.90. The molecule has 21 heavy (non-hydrogen) atoms. The molecule has 2 aromatic rings. The van der Waals surface area contributed by atoms with E-state index in [0.29, 0.717) is 12.3 Å². The van der Waals surface area contributed by atoms with E-state index in [1.807, 2.05) is 42.9 Å². The Morgan fingerprint density at radius 1 is 1.19 bits per heavy atom. The van der Waals surface area contributed by atoms with Gasteiger partial charge >= 0.3 is 0 Å². The number of rotatable bonds is 5. The van der Waals surface area contributed by atoms with Crippen molar-refractivity contribution in [1.82, 2.24) is 9.78 Å². The summed E-state index contributed by atoms with van der Waals surface area (Å²) < 4.78 is 1.83. The first-order valence-corrected chi connectivity index (χ1v) is 7.37. The quantitative estimate of drug-likeness (QED) is 0.905. The smallest absolute Gasteiger partial charge is 0.226 e. The molecule has 0 spiro atoms. The summed E-state index contributed by atoms with van der Waals surface area (Å²) in [4.78, 5) is 12.1. The summed E-state index contributed by atoms with van der Waals surface area (Å²) in [5, 5.41) is 7.27. The minimum atomic E-state index is 0.00736. The standard InChI is InChI=1S/C17H23N3O/c1-12(2)15-5-7-16(8-6-15)18-17(21)11-14(4)20-10-9-13(3)19-20/h5-10,12,14H,11H2,1-4H3,(H,18,21)/t14-/m1/s1. The molecular formula is C17H23N3O. The van der Waals surface area contributed by atoms with Gasteiger partial charge in [-0.15, -0.1) is 0 Å². The van der Waals surface area contributed by atoms with Crippen molar-refractivity contribution >= 4 is 11.6 Å². The molecule has 0 bridgehead atoms. The maximum absolute atomic E-state index is 12.1. The van der Waals surface area contributed by atoms with Crippen molar-refractivity contribution in [2.75, 3.05) is 5.32 Å². The number of benzene rings is 1. The SMILES string of the molecule is Cc1ccn([C@H](C)CC(=O)Nc2ccc(C(C)C)cc2)n1. The van der Waals surface area contributed by atoms with Gasteiger partial charge in [-0.2, -0.15) is 5.10 Å². The fraction of sp³-hybridized carbons (Fsp3) is 0.412. The third kappa shape index (κ3) is 4.18. The van der Waals surface area contributed by atoms with Crippen molar-refractivity contribution in [2.45, 2.75) is 46.1 Å². The van der Waals surface area contributed by atoms with E-state index in [4.69, 9.17) is 0 Å². The zero-order valence-corrected chi connectivity index (χ0v) is 13.1. The number of hydrogen-bond donors (Lipinski definition) is 1. The molecule has 0 saturated carbocycles. The molecule has 0 aliphatic rings. The second-order valence-electron chi connectivity index (χ2n) is 5.82. The molecule has 1 atom stereocenters. The van der Waals surface area contributed by atoms with Crippen molar-refractivity contribution in [1.29, 1.82) is 0 Å². The lowest BCUT2D eigenvalue weighted by Gasteiger charge is -2.13. The van der Waals surface area contributed by atoms with Crippen LogP contribution in [0.15, 0.2) is 36.5 Å². The van der Waals surface area contributed by atoms with Gasteiger partial charge in [-0.25, -0.2) is 0 Å². The summed E-state index contributed by atoms with van der Waals surface area (Å²) in [6.45, 7) is 8.25. The van der Waals surface area contributed by atoms with Crippen LogP contribution in [0.3, 0.4) is 0 Å². The molecule has 1 N–H and O–H groups in total. The Labute approximate surface area is 126 Å². The van der Waals surface area contributed by atoms with Gasteiger partial charge in [-0.1, -0.05) is 26.0 Å². The molecule has 4 heteroatoms. The summed E-state index contributed by atoms with van der Waals surface area (Å²) in [6, 6.07) is 10.0. The number of aromatic nitrogens is 2. The molecular weight excluding hydrogens is 262 g/mol. The molecule has 0 saturated heterocycles. The van der Waals surface area contributed by atoms with Crippen LogP contribution in [-0.2, 0) is 4.79 Å². The average Bonchev–Trinajstić information content (AvgIpc) is 2.86. The molecule has 1 amide bonds. The highest BCUT2D eigenvalue weighted by Crippen LogP contribution is 2.18. The molecule has 1 aromatic carbocycles. The van der Waals surface area contributed by atoms with Crippen LogP contribution in [0, 0.1) is 6.92 Å². The largest absolute Gasteiger partial charge is 0.326 e. The highest BCUT2D eigenvalue weighted by atomic mass is 16.1. The molecule has 0 radical (unpaired) electrons. The van der Waals surface area contributed by atoms with Crippen molar-refractivity contribution < 1.29 is 4.79 Å². The van der Waals surface area contributed by atoms with Gasteiger partial charge in [0.15, 0.2) is 0 Å². The Hall–Kier alpha value is -2.10. The van der Waals surface area contributed by atoms with Crippen molar-refractivity contribution in [3.63, 3.8) is 0 Å². The second-order valence-corrected chi connectivity index (χ2v) is 5.82. The van der Waals surface area contributed by atoms with Crippen molar-refractivity contribution in [3.05, 3.63) is 47.8 Å².